The van der Waals surface area contributed by atoms with Gasteiger partial charge in [-0.2, -0.15) is 0 Å². The van der Waals surface area contributed by atoms with Crippen LogP contribution in [0.15, 0.2) is 59.5 Å². The second kappa shape index (κ2) is 9.26. The summed E-state index contributed by atoms with van der Waals surface area (Å²) in [6, 6.07) is 17.7. The monoisotopic (exact) mass is 398 g/mol. The molecule has 0 saturated carbocycles. The van der Waals surface area contributed by atoms with Crippen LogP contribution in [0.5, 0.6) is 0 Å². The molecule has 2 unspecified atom stereocenters. The smallest absolute Gasteiger partial charge is 0.303 e. The Labute approximate surface area is 170 Å². The Morgan fingerprint density at radius 3 is 2.46 bits per heavy atom. The summed E-state index contributed by atoms with van der Waals surface area (Å²) in [4.78, 5) is 30.2. The Balaban J connectivity index is 2.01. The number of carbonyl (C=O) groups is 2. The number of hydrogen-bond acceptors (Lipinski definition) is 5. The molecule has 1 aliphatic rings. The van der Waals surface area contributed by atoms with E-state index in [1.165, 1.54) is 6.92 Å². The molecule has 148 valence electrons. The number of benzene rings is 2. The van der Waals surface area contributed by atoms with Crippen molar-refractivity contribution in [2.75, 3.05) is 32.1 Å². The van der Waals surface area contributed by atoms with E-state index in [-0.39, 0.29) is 11.2 Å². The van der Waals surface area contributed by atoms with E-state index in [4.69, 9.17) is 4.74 Å². The third-order valence-corrected chi connectivity index (χ3v) is 5.97. The van der Waals surface area contributed by atoms with Crippen LogP contribution in [0.25, 0.3) is 0 Å². The molecule has 5 nitrogen and oxygen atoms in total. The van der Waals surface area contributed by atoms with Crippen LogP contribution < -0.4 is 4.90 Å². The standard InChI is InChI=1S/C22H26N2O3S/c1-16(25)27-20-21(17-10-5-4-6-11-17)28-19-13-8-7-12-18(19)24(22(20)26)15-9-14-23(2)3/h4-8,10-13,20-21H,9,14-15H2,1-3H3. The highest BCUT2D eigenvalue weighted by Crippen LogP contribution is 2.46. The first kappa shape index (κ1) is 20.4. The van der Waals surface area contributed by atoms with Gasteiger partial charge in [-0.15, -0.1) is 11.8 Å². The van der Waals surface area contributed by atoms with Crippen LogP contribution in [-0.2, 0) is 14.3 Å². The third-order valence-electron chi connectivity index (χ3n) is 4.60. The summed E-state index contributed by atoms with van der Waals surface area (Å²) in [5.74, 6) is -0.612. The zero-order chi connectivity index (χ0) is 20.1. The number of para-hydroxylation sites is 1. The molecule has 2 aromatic rings. The van der Waals surface area contributed by atoms with E-state index < -0.39 is 12.1 Å². The number of esters is 1. The van der Waals surface area contributed by atoms with E-state index in [0.717, 1.165) is 29.1 Å². The first-order valence-corrected chi connectivity index (χ1v) is 10.3. The van der Waals surface area contributed by atoms with Crippen LogP contribution in [0.3, 0.4) is 0 Å². The number of carbonyl (C=O) groups excluding carboxylic acids is 2. The number of rotatable bonds is 6. The van der Waals surface area contributed by atoms with Crippen molar-refractivity contribution in [2.45, 2.75) is 29.6 Å². The number of thioether (sulfide) groups is 1. The molecule has 28 heavy (non-hydrogen) atoms. The van der Waals surface area contributed by atoms with Crippen LogP contribution in [0, 0.1) is 0 Å². The van der Waals surface area contributed by atoms with Gasteiger partial charge in [-0.05, 0) is 44.8 Å². The number of ether oxygens (including phenoxy) is 1. The molecule has 6 heteroatoms. The maximum absolute atomic E-state index is 13.5. The van der Waals surface area contributed by atoms with E-state index in [9.17, 15) is 9.59 Å². The number of amides is 1. The first-order chi connectivity index (χ1) is 13.5. The Bertz CT molecular complexity index is 826. The molecule has 0 radical (unpaired) electrons. The first-order valence-electron chi connectivity index (χ1n) is 9.41. The van der Waals surface area contributed by atoms with Crippen molar-refractivity contribution in [1.29, 1.82) is 0 Å². The summed E-state index contributed by atoms with van der Waals surface area (Å²) in [6.07, 6.45) is -0.0303. The molecule has 1 heterocycles. The van der Waals surface area contributed by atoms with Gasteiger partial charge < -0.3 is 14.5 Å². The highest BCUT2D eigenvalue weighted by molar-refractivity contribution is 7.99. The SMILES string of the molecule is CC(=O)OC1C(=O)N(CCCN(C)C)c2ccccc2SC1c1ccccc1. The van der Waals surface area contributed by atoms with Crippen molar-refractivity contribution >= 4 is 29.3 Å². The minimum atomic E-state index is -0.864. The molecule has 2 aromatic carbocycles. The zero-order valence-corrected chi connectivity index (χ0v) is 17.3. The van der Waals surface area contributed by atoms with Crippen molar-refractivity contribution < 1.29 is 14.3 Å². The van der Waals surface area contributed by atoms with Gasteiger partial charge in [0.2, 0.25) is 0 Å². The molecule has 0 bridgehead atoms. The molecule has 0 aromatic heterocycles. The maximum Gasteiger partial charge on any atom is 0.303 e. The molecular weight excluding hydrogens is 372 g/mol. The quantitative estimate of drug-likeness (QED) is 0.694. The van der Waals surface area contributed by atoms with E-state index in [1.807, 2.05) is 68.7 Å². The van der Waals surface area contributed by atoms with Crippen LogP contribution in [0.4, 0.5) is 5.69 Å². The number of hydrogen-bond donors (Lipinski definition) is 0. The Morgan fingerprint density at radius 1 is 1.11 bits per heavy atom. The molecule has 0 fully saturated rings. The van der Waals surface area contributed by atoms with Crippen LogP contribution >= 0.6 is 11.8 Å². The van der Waals surface area contributed by atoms with Crippen molar-refractivity contribution in [1.82, 2.24) is 4.90 Å². The number of nitrogens with zero attached hydrogens (tertiary/aromatic N) is 2. The number of fused-ring (bicyclic) bond motifs is 1. The summed E-state index contributed by atoms with van der Waals surface area (Å²) < 4.78 is 5.58. The summed E-state index contributed by atoms with van der Waals surface area (Å²) in [7, 11) is 4.03. The van der Waals surface area contributed by atoms with E-state index >= 15 is 0 Å². The van der Waals surface area contributed by atoms with Crippen molar-refractivity contribution in [2.24, 2.45) is 0 Å². The molecule has 1 aliphatic heterocycles. The van der Waals surface area contributed by atoms with Gasteiger partial charge in [-0.3, -0.25) is 9.59 Å². The lowest BCUT2D eigenvalue weighted by molar-refractivity contribution is -0.152. The molecule has 2 atom stereocenters. The topological polar surface area (TPSA) is 49.9 Å². The van der Waals surface area contributed by atoms with E-state index in [0.29, 0.717) is 6.54 Å². The Kier molecular flexibility index (Phi) is 6.75. The minimum absolute atomic E-state index is 0.166. The van der Waals surface area contributed by atoms with Gasteiger partial charge in [0, 0.05) is 18.4 Å². The molecular formula is C22H26N2O3S. The molecule has 0 aliphatic carbocycles. The van der Waals surface area contributed by atoms with Crippen molar-refractivity contribution in [3.63, 3.8) is 0 Å². The molecule has 3 rings (SSSR count). The largest absolute Gasteiger partial charge is 0.451 e. The van der Waals surface area contributed by atoms with E-state index in [2.05, 4.69) is 4.90 Å². The fourth-order valence-electron chi connectivity index (χ4n) is 3.33. The Hall–Kier alpha value is -2.31. The average Bonchev–Trinajstić information content (AvgIpc) is 2.78. The summed E-state index contributed by atoms with van der Waals surface area (Å²) in [5, 5.41) is -0.294. The fraction of sp³-hybridized carbons (Fsp3) is 0.364. The predicted octanol–water partition coefficient (Wildman–Crippen LogP) is 3.75. The van der Waals surface area contributed by atoms with Gasteiger partial charge in [-0.25, -0.2) is 0 Å². The molecule has 0 saturated heterocycles. The summed E-state index contributed by atoms with van der Waals surface area (Å²) >= 11 is 1.58. The Morgan fingerprint density at radius 2 is 1.79 bits per heavy atom. The molecule has 1 amide bonds. The lowest BCUT2D eigenvalue weighted by atomic mass is 10.1. The lowest BCUT2D eigenvalue weighted by Gasteiger charge is -2.28. The predicted molar refractivity (Wildman–Crippen MR) is 113 cm³/mol. The molecule has 0 N–H and O–H groups in total. The number of anilines is 1. The van der Waals surface area contributed by atoms with Gasteiger partial charge in [0.05, 0.1) is 10.9 Å². The van der Waals surface area contributed by atoms with Crippen molar-refractivity contribution in [3.05, 3.63) is 60.2 Å². The maximum atomic E-state index is 13.5. The normalized spacial score (nSPS) is 19.3. The van der Waals surface area contributed by atoms with Crippen LogP contribution in [-0.4, -0.2) is 50.1 Å². The van der Waals surface area contributed by atoms with E-state index in [1.54, 1.807) is 16.7 Å². The molecule has 0 spiro atoms. The van der Waals surface area contributed by atoms with Gasteiger partial charge in [0.25, 0.3) is 5.91 Å². The second-order valence-corrected chi connectivity index (χ2v) is 8.28. The fourth-order valence-corrected chi connectivity index (χ4v) is 4.65. The highest BCUT2D eigenvalue weighted by Gasteiger charge is 2.40. The highest BCUT2D eigenvalue weighted by atomic mass is 32.2. The summed E-state index contributed by atoms with van der Waals surface area (Å²) in [5.41, 5.74) is 1.85. The average molecular weight is 399 g/mol. The third kappa shape index (κ3) is 4.75. The van der Waals surface area contributed by atoms with Crippen molar-refractivity contribution in [3.8, 4) is 0 Å². The van der Waals surface area contributed by atoms with Gasteiger partial charge >= 0.3 is 5.97 Å². The second-order valence-electron chi connectivity index (χ2n) is 7.09. The van der Waals surface area contributed by atoms with Gasteiger partial charge in [0.1, 0.15) is 0 Å². The van der Waals surface area contributed by atoms with Gasteiger partial charge in [0.15, 0.2) is 6.10 Å². The lowest BCUT2D eigenvalue weighted by Crippen LogP contribution is -2.43. The van der Waals surface area contributed by atoms with Crippen LogP contribution in [0.1, 0.15) is 24.2 Å². The van der Waals surface area contributed by atoms with Crippen LogP contribution in [0.2, 0.25) is 0 Å². The minimum Gasteiger partial charge on any atom is -0.451 e. The zero-order valence-electron chi connectivity index (χ0n) is 16.5. The summed E-state index contributed by atoms with van der Waals surface area (Å²) in [6.45, 7) is 2.81. The van der Waals surface area contributed by atoms with Gasteiger partial charge in [-0.1, -0.05) is 42.5 Å².